The van der Waals surface area contributed by atoms with Gasteiger partial charge in [0.25, 0.3) is 11.8 Å². The number of nitro benzene ring substituents is 1. The molecule has 0 aromatic heterocycles. The van der Waals surface area contributed by atoms with Gasteiger partial charge in [-0.3, -0.25) is 29.4 Å². The maximum Gasteiger partial charge on any atom is 0.311 e. The first-order chi connectivity index (χ1) is 9.82. The van der Waals surface area contributed by atoms with Gasteiger partial charge in [-0.2, -0.15) is 0 Å². The highest BCUT2D eigenvalue weighted by atomic mass is 16.6. The average Bonchev–Trinajstić information content (AvgIpc) is 2.62. The lowest BCUT2D eigenvalue weighted by Crippen LogP contribution is -2.31. The minimum absolute atomic E-state index is 0.0783. The molecule has 1 aliphatic rings. The van der Waals surface area contributed by atoms with E-state index in [1.54, 1.807) is 0 Å². The minimum atomic E-state index is -1.06. The summed E-state index contributed by atoms with van der Waals surface area (Å²) in [6.45, 7) is -0.104. The number of carbonyl (C=O) groups is 3. The monoisotopic (exact) mass is 294 g/mol. The lowest BCUT2D eigenvalue weighted by Gasteiger charge is -2.12. The normalized spacial score (nSPS) is 13.4. The van der Waals surface area contributed by atoms with E-state index in [9.17, 15) is 29.6 Å². The summed E-state index contributed by atoms with van der Waals surface area (Å²) in [7, 11) is 0. The van der Waals surface area contributed by atoms with Crippen molar-refractivity contribution in [3.63, 3.8) is 0 Å². The smallest absolute Gasteiger partial charge is 0.311 e. The van der Waals surface area contributed by atoms with Gasteiger partial charge in [0, 0.05) is 25.1 Å². The molecule has 0 atom stereocenters. The number of carboxylic acids is 1. The Bertz CT molecular complexity index is 668. The fourth-order valence-corrected chi connectivity index (χ4v) is 2.05. The van der Waals surface area contributed by atoms with Crippen molar-refractivity contribution in [1.29, 1.82) is 0 Å². The van der Waals surface area contributed by atoms with E-state index in [0.717, 1.165) is 17.0 Å². The number of carbonyl (C=O) groups excluding carboxylic acids is 2. The number of aliphatic carboxylic acids is 1. The van der Waals surface area contributed by atoms with E-state index in [2.05, 4.69) is 0 Å². The molecule has 2 rings (SSSR count). The highest BCUT2D eigenvalue weighted by molar-refractivity contribution is 6.21. The van der Waals surface area contributed by atoms with Crippen molar-refractivity contribution < 1.29 is 29.5 Å². The van der Waals surface area contributed by atoms with Crippen LogP contribution in [0, 0.1) is 10.1 Å². The molecule has 0 saturated carbocycles. The van der Waals surface area contributed by atoms with Gasteiger partial charge in [0.2, 0.25) is 0 Å². The van der Waals surface area contributed by atoms with Gasteiger partial charge in [-0.1, -0.05) is 0 Å². The first-order valence-corrected chi connectivity index (χ1v) is 5.92. The van der Waals surface area contributed by atoms with Crippen LogP contribution in [0.25, 0.3) is 0 Å². The number of nitro groups is 1. The number of phenolic OH excluding ortho intramolecular Hbond substituents is 1. The van der Waals surface area contributed by atoms with Gasteiger partial charge < -0.3 is 10.2 Å². The number of fused-ring (bicyclic) bond motifs is 1. The fourth-order valence-electron chi connectivity index (χ4n) is 2.05. The summed E-state index contributed by atoms with van der Waals surface area (Å²) >= 11 is 0. The third kappa shape index (κ3) is 2.53. The summed E-state index contributed by atoms with van der Waals surface area (Å²) in [6.07, 6.45) is -0.131. The van der Waals surface area contributed by atoms with Crippen LogP contribution >= 0.6 is 0 Å². The lowest BCUT2D eigenvalue weighted by molar-refractivity contribution is -0.385. The molecule has 21 heavy (non-hydrogen) atoms. The number of hydrogen-bond acceptors (Lipinski definition) is 6. The molecule has 0 spiro atoms. The van der Waals surface area contributed by atoms with E-state index >= 15 is 0 Å². The lowest BCUT2D eigenvalue weighted by atomic mass is 10.1. The van der Waals surface area contributed by atoms with Crippen LogP contribution in [0.5, 0.6) is 5.75 Å². The Kier molecular flexibility index (Phi) is 3.57. The Morgan fingerprint density at radius 3 is 2.33 bits per heavy atom. The van der Waals surface area contributed by atoms with Gasteiger partial charge in [0.1, 0.15) is 0 Å². The Labute approximate surface area is 117 Å². The summed E-state index contributed by atoms with van der Waals surface area (Å²) in [4.78, 5) is 45.1. The molecule has 1 aromatic rings. The maximum absolute atomic E-state index is 12.0. The molecule has 1 aromatic carbocycles. The zero-order valence-corrected chi connectivity index (χ0v) is 10.6. The number of amides is 2. The molecule has 0 radical (unpaired) electrons. The number of aromatic hydroxyl groups is 1. The maximum atomic E-state index is 12.0. The van der Waals surface area contributed by atoms with Crippen LogP contribution in [0.1, 0.15) is 33.6 Å². The third-order valence-electron chi connectivity index (χ3n) is 3.03. The van der Waals surface area contributed by atoms with Gasteiger partial charge >= 0.3 is 11.7 Å². The second kappa shape index (κ2) is 5.19. The molecule has 0 unspecified atom stereocenters. The molecule has 2 amide bonds. The summed E-state index contributed by atoms with van der Waals surface area (Å²) in [5.74, 6) is -3.19. The third-order valence-corrected chi connectivity index (χ3v) is 3.03. The van der Waals surface area contributed by atoms with E-state index in [-0.39, 0.29) is 30.5 Å². The number of nitrogens with zero attached hydrogens (tertiary/aromatic N) is 2. The Morgan fingerprint density at radius 2 is 1.81 bits per heavy atom. The quantitative estimate of drug-likeness (QED) is 0.464. The van der Waals surface area contributed by atoms with E-state index in [1.165, 1.54) is 0 Å². The number of hydrogen-bond donors (Lipinski definition) is 2. The van der Waals surface area contributed by atoms with Crippen LogP contribution in [-0.2, 0) is 4.79 Å². The number of imide groups is 1. The standard InChI is InChI=1S/C12H10N2O7/c15-9-5-7-6(4-8(9)14(20)21)11(18)13(12(7)19)3-1-2-10(16)17/h4-5,15H,1-3H2,(H,16,17). The van der Waals surface area contributed by atoms with E-state index in [0.29, 0.717) is 0 Å². The molecular weight excluding hydrogens is 284 g/mol. The molecule has 9 heteroatoms. The van der Waals surface area contributed by atoms with Crippen LogP contribution in [-0.4, -0.2) is 44.4 Å². The van der Waals surface area contributed by atoms with Crippen molar-refractivity contribution in [2.75, 3.05) is 6.54 Å². The highest BCUT2D eigenvalue weighted by Crippen LogP contribution is 2.34. The van der Waals surface area contributed by atoms with Crippen LogP contribution in [0.4, 0.5) is 5.69 Å². The van der Waals surface area contributed by atoms with Gasteiger partial charge in [0.05, 0.1) is 16.1 Å². The predicted octanol–water partition coefficient (Wildman–Crippen LogP) is 0.761. The largest absolute Gasteiger partial charge is 0.502 e. The molecule has 0 aliphatic carbocycles. The van der Waals surface area contributed by atoms with Gasteiger partial charge in [-0.05, 0) is 6.42 Å². The number of phenols is 1. The number of carboxylic acid groups (broad SMARTS) is 1. The van der Waals surface area contributed by atoms with Crippen molar-refractivity contribution in [3.05, 3.63) is 33.4 Å². The zero-order valence-electron chi connectivity index (χ0n) is 10.6. The molecule has 1 aliphatic heterocycles. The predicted molar refractivity (Wildman–Crippen MR) is 67.0 cm³/mol. The van der Waals surface area contributed by atoms with Gasteiger partial charge in [-0.25, -0.2) is 0 Å². The molecular formula is C12H10N2O7. The molecule has 0 fully saturated rings. The SMILES string of the molecule is O=C(O)CCCN1C(=O)c2cc(O)c([N+](=O)[O-])cc2C1=O. The summed E-state index contributed by atoms with van der Waals surface area (Å²) < 4.78 is 0. The molecule has 1 heterocycles. The molecule has 0 bridgehead atoms. The topological polar surface area (TPSA) is 138 Å². The van der Waals surface area contributed by atoms with Crippen molar-refractivity contribution in [3.8, 4) is 5.75 Å². The molecule has 0 saturated heterocycles. The highest BCUT2D eigenvalue weighted by Gasteiger charge is 2.37. The molecule has 110 valence electrons. The van der Waals surface area contributed by atoms with Crippen LogP contribution < -0.4 is 0 Å². The molecule has 9 nitrogen and oxygen atoms in total. The molecule has 2 N–H and O–H groups in total. The summed E-state index contributed by atoms with van der Waals surface area (Å²) in [6, 6.07) is 1.73. The van der Waals surface area contributed by atoms with Crippen molar-refractivity contribution in [2.45, 2.75) is 12.8 Å². The van der Waals surface area contributed by atoms with Crippen molar-refractivity contribution >= 4 is 23.5 Å². The van der Waals surface area contributed by atoms with E-state index in [4.69, 9.17) is 5.11 Å². The number of rotatable bonds is 5. The van der Waals surface area contributed by atoms with Gasteiger partial charge in [-0.15, -0.1) is 0 Å². The van der Waals surface area contributed by atoms with Crippen LogP contribution in [0.3, 0.4) is 0 Å². The first kappa shape index (κ1) is 14.4. The van der Waals surface area contributed by atoms with Crippen LogP contribution in [0.15, 0.2) is 12.1 Å². The van der Waals surface area contributed by atoms with Gasteiger partial charge in [0.15, 0.2) is 5.75 Å². The summed E-state index contributed by atoms with van der Waals surface area (Å²) in [5.41, 5.74) is -0.958. The van der Waals surface area contributed by atoms with Crippen molar-refractivity contribution in [1.82, 2.24) is 4.90 Å². The fraction of sp³-hybridized carbons (Fsp3) is 0.250. The number of benzene rings is 1. The minimum Gasteiger partial charge on any atom is -0.502 e. The van der Waals surface area contributed by atoms with E-state index < -0.39 is 34.1 Å². The Morgan fingerprint density at radius 1 is 1.24 bits per heavy atom. The first-order valence-electron chi connectivity index (χ1n) is 5.92. The van der Waals surface area contributed by atoms with Crippen LogP contribution in [0.2, 0.25) is 0 Å². The van der Waals surface area contributed by atoms with Crippen molar-refractivity contribution in [2.24, 2.45) is 0 Å². The second-order valence-electron chi connectivity index (χ2n) is 4.40. The second-order valence-corrected chi connectivity index (χ2v) is 4.40. The Hall–Kier alpha value is -2.97. The summed E-state index contributed by atoms with van der Waals surface area (Å²) in [5, 5.41) is 28.7. The average molecular weight is 294 g/mol. The Balaban J connectivity index is 2.29. The van der Waals surface area contributed by atoms with E-state index in [1.807, 2.05) is 0 Å². The zero-order chi connectivity index (χ0) is 15.7.